The summed E-state index contributed by atoms with van der Waals surface area (Å²) >= 11 is 1.17. The molecule has 0 saturated carbocycles. The van der Waals surface area contributed by atoms with E-state index in [1.54, 1.807) is 6.20 Å². The highest BCUT2D eigenvalue weighted by atomic mass is 32.1. The van der Waals surface area contributed by atoms with Gasteiger partial charge in [-0.3, -0.25) is 4.79 Å². The number of H-pyrrole nitrogens is 1. The van der Waals surface area contributed by atoms with Crippen LogP contribution in [0, 0.1) is 6.92 Å². The Kier molecular flexibility index (Phi) is 3.61. The third-order valence-electron chi connectivity index (χ3n) is 2.51. The molecule has 0 spiro atoms. The number of carbonyl (C=O) groups excluding carboxylic acids is 1. The number of nitrogens with one attached hydrogen (secondary N) is 2. The molecule has 2 heterocycles. The van der Waals surface area contributed by atoms with Gasteiger partial charge in [0.2, 0.25) is 0 Å². The van der Waals surface area contributed by atoms with Crippen LogP contribution in [0.1, 0.15) is 40.6 Å². The van der Waals surface area contributed by atoms with Gasteiger partial charge in [-0.25, -0.2) is 9.97 Å². The number of nitrogens with zero attached hydrogens (tertiary/aromatic N) is 2. The largest absolute Gasteiger partial charge is 0.375 e. The number of hydrogen-bond donors (Lipinski definition) is 3. The molecule has 2 aromatic heterocycles. The molecule has 0 aliphatic heterocycles. The first kappa shape index (κ1) is 12.6. The van der Waals surface area contributed by atoms with Gasteiger partial charge >= 0.3 is 0 Å². The van der Waals surface area contributed by atoms with Gasteiger partial charge < -0.3 is 16.0 Å². The Morgan fingerprint density at radius 3 is 2.83 bits per heavy atom. The fourth-order valence-corrected chi connectivity index (χ4v) is 2.18. The van der Waals surface area contributed by atoms with Crippen molar-refractivity contribution in [3.8, 4) is 0 Å². The molecule has 0 aliphatic carbocycles. The van der Waals surface area contributed by atoms with Crippen molar-refractivity contribution in [2.24, 2.45) is 0 Å². The molecule has 2 rings (SSSR count). The van der Waals surface area contributed by atoms with Crippen LogP contribution in [0.25, 0.3) is 0 Å². The summed E-state index contributed by atoms with van der Waals surface area (Å²) in [6.45, 7) is 3.92. The lowest BCUT2D eigenvalue weighted by Crippen LogP contribution is -2.28. The summed E-state index contributed by atoms with van der Waals surface area (Å²) in [5.41, 5.74) is 6.48. The molecule has 0 unspecified atom stereocenters. The number of anilines is 1. The molecule has 1 atom stereocenters. The number of thiazole rings is 1. The number of amides is 1. The molecule has 0 fully saturated rings. The summed E-state index contributed by atoms with van der Waals surface area (Å²) in [6.07, 6.45) is 3.98. The molecule has 0 radical (unpaired) electrons. The number of hydrogen-bond acceptors (Lipinski definition) is 5. The first-order valence-corrected chi connectivity index (χ1v) is 6.45. The van der Waals surface area contributed by atoms with Crippen molar-refractivity contribution in [2.75, 3.05) is 5.73 Å². The van der Waals surface area contributed by atoms with Crippen LogP contribution in [0.4, 0.5) is 5.13 Å². The number of aromatic amines is 1. The van der Waals surface area contributed by atoms with Crippen molar-refractivity contribution < 1.29 is 4.79 Å². The minimum Gasteiger partial charge on any atom is -0.375 e. The second-order valence-electron chi connectivity index (χ2n) is 3.95. The number of aromatic nitrogens is 3. The number of aryl methyl sites for hydroxylation is 1. The Hall–Kier alpha value is -1.89. The normalized spacial score (nSPS) is 12.3. The lowest BCUT2D eigenvalue weighted by Gasteiger charge is -2.13. The van der Waals surface area contributed by atoms with Crippen molar-refractivity contribution in [1.29, 1.82) is 0 Å². The molecule has 6 nitrogen and oxygen atoms in total. The molecular formula is C11H15N5OS. The van der Waals surface area contributed by atoms with Crippen LogP contribution in [0.3, 0.4) is 0 Å². The number of nitrogens with two attached hydrogens (primary N) is 1. The van der Waals surface area contributed by atoms with Crippen LogP contribution < -0.4 is 11.1 Å². The zero-order valence-electron chi connectivity index (χ0n) is 10.2. The van der Waals surface area contributed by atoms with Crippen molar-refractivity contribution in [3.05, 3.63) is 28.8 Å². The van der Waals surface area contributed by atoms with E-state index in [-0.39, 0.29) is 11.9 Å². The van der Waals surface area contributed by atoms with Crippen LogP contribution in [0.5, 0.6) is 0 Å². The molecule has 1 amide bonds. The van der Waals surface area contributed by atoms with Crippen LogP contribution >= 0.6 is 11.3 Å². The first-order valence-electron chi connectivity index (χ1n) is 5.63. The second-order valence-corrected chi connectivity index (χ2v) is 5.01. The average Bonchev–Trinajstić information content (AvgIpc) is 2.94. The molecule has 2 aromatic rings. The smallest absolute Gasteiger partial charge is 0.263 e. The molecule has 0 saturated heterocycles. The van der Waals surface area contributed by atoms with Crippen molar-refractivity contribution in [3.63, 3.8) is 0 Å². The SMILES string of the molecule is CC[C@H](NC(=O)c1cnc(N)s1)c1ncc(C)[nH]1. The summed E-state index contributed by atoms with van der Waals surface area (Å²) in [4.78, 5) is 23.7. The summed E-state index contributed by atoms with van der Waals surface area (Å²) in [6, 6.07) is -0.130. The van der Waals surface area contributed by atoms with Gasteiger partial charge in [0.25, 0.3) is 5.91 Å². The minimum absolute atomic E-state index is 0.130. The molecule has 7 heteroatoms. The van der Waals surface area contributed by atoms with Gasteiger partial charge in [0.15, 0.2) is 5.13 Å². The van der Waals surface area contributed by atoms with Gasteiger partial charge in [0.05, 0.1) is 12.2 Å². The molecule has 18 heavy (non-hydrogen) atoms. The first-order chi connectivity index (χ1) is 8.60. The van der Waals surface area contributed by atoms with E-state index in [9.17, 15) is 4.79 Å². The fourth-order valence-electron chi connectivity index (χ4n) is 1.60. The average molecular weight is 265 g/mol. The summed E-state index contributed by atoms with van der Waals surface area (Å²) in [7, 11) is 0. The van der Waals surface area contributed by atoms with Gasteiger partial charge in [-0.2, -0.15) is 0 Å². The third kappa shape index (κ3) is 2.67. The van der Waals surface area contributed by atoms with E-state index in [4.69, 9.17) is 5.73 Å². The maximum Gasteiger partial charge on any atom is 0.263 e. The zero-order valence-corrected chi connectivity index (χ0v) is 11.0. The van der Waals surface area contributed by atoms with Gasteiger partial charge in [0, 0.05) is 11.9 Å². The highest BCUT2D eigenvalue weighted by molar-refractivity contribution is 7.17. The number of carbonyl (C=O) groups is 1. The Bertz CT molecular complexity index is 547. The Labute approximate surface area is 109 Å². The Morgan fingerprint density at radius 2 is 2.33 bits per heavy atom. The van der Waals surface area contributed by atoms with Gasteiger partial charge in [0.1, 0.15) is 10.7 Å². The zero-order chi connectivity index (χ0) is 13.1. The van der Waals surface area contributed by atoms with Crippen molar-refractivity contribution in [2.45, 2.75) is 26.3 Å². The van der Waals surface area contributed by atoms with Crippen LogP contribution in [-0.2, 0) is 0 Å². The van der Waals surface area contributed by atoms with E-state index in [0.29, 0.717) is 10.0 Å². The molecule has 0 bridgehead atoms. The monoisotopic (exact) mass is 265 g/mol. The fraction of sp³-hybridized carbons (Fsp3) is 0.364. The van der Waals surface area contributed by atoms with Crippen LogP contribution in [0.15, 0.2) is 12.4 Å². The van der Waals surface area contributed by atoms with E-state index < -0.39 is 0 Å². The molecule has 4 N–H and O–H groups in total. The van der Waals surface area contributed by atoms with E-state index in [1.165, 1.54) is 17.5 Å². The quantitative estimate of drug-likeness (QED) is 0.782. The third-order valence-corrected chi connectivity index (χ3v) is 3.34. The summed E-state index contributed by atoms with van der Waals surface area (Å²) < 4.78 is 0. The second kappa shape index (κ2) is 5.18. The lowest BCUT2D eigenvalue weighted by atomic mass is 10.2. The summed E-state index contributed by atoms with van der Waals surface area (Å²) in [5, 5.41) is 3.30. The molecule has 96 valence electrons. The molecule has 0 aliphatic rings. The standard InChI is InChI=1S/C11H15N5OS/c1-3-7(9-13-4-6(2)15-9)16-10(17)8-5-14-11(12)18-8/h4-5,7H,3H2,1-2H3,(H2,12,14)(H,13,15)(H,16,17)/t7-/m0/s1. The van der Waals surface area contributed by atoms with Crippen molar-refractivity contribution >= 4 is 22.4 Å². The maximum atomic E-state index is 12.0. The minimum atomic E-state index is -0.176. The van der Waals surface area contributed by atoms with Gasteiger partial charge in [-0.15, -0.1) is 0 Å². The molecular weight excluding hydrogens is 250 g/mol. The number of imidazole rings is 1. The van der Waals surface area contributed by atoms with E-state index in [1.807, 2.05) is 13.8 Å². The van der Waals surface area contributed by atoms with E-state index >= 15 is 0 Å². The number of rotatable bonds is 4. The van der Waals surface area contributed by atoms with Gasteiger partial charge in [-0.1, -0.05) is 18.3 Å². The predicted molar refractivity (Wildman–Crippen MR) is 70.3 cm³/mol. The number of nitrogen functional groups attached to an aromatic ring is 1. The maximum absolute atomic E-state index is 12.0. The van der Waals surface area contributed by atoms with Crippen LogP contribution in [-0.4, -0.2) is 20.9 Å². The van der Waals surface area contributed by atoms with Crippen molar-refractivity contribution in [1.82, 2.24) is 20.3 Å². The topological polar surface area (TPSA) is 96.7 Å². The van der Waals surface area contributed by atoms with E-state index in [2.05, 4.69) is 20.3 Å². The highest BCUT2D eigenvalue weighted by Crippen LogP contribution is 2.17. The highest BCUT2D eigenvalue weighted by Gasteiger charge is 2.17. The molecule has 0 aromatic carbocycles. The predicted octanol–water partition coefficient (Wildman–Crippen LogP) is 1.64. The van der Waals surface area contributed by atoms with Crippen LogP contribution in [0.2, 0.25) is 0 Å². The lowest BCUT2D eigenvalue weighted by molar-refractivity contribution is 0.0938. The Morgan fingerprint density at radius 1 is 1.56 bits per heavy atom. The van der Waals surface area contributed by atoms with E-state index in [0.717, 1.165) is 17.9 Å². The summed E-state index contributed by atoms with van der Waals surface area (Å²) in [5.74, 6) is 0.589. The Balaban J connectivity index is 2.09. The van der Waals surface area contributed by atoms with Gasteiger partial charge in [-0.05, 0) is 13.3 Å².